The van der Waals surface area contributed by atoms with E-state index in [2.05, 4.69) is 67.9 Å². The minimum Gasteiger partial charge on any atom is -0.462 e. The van der Waals surface area contributed by atoms with Crippen molar-refractivity contribution in [2.75, 3.05) is 30.5 Å². The largest absolute Gasteiger partial charge is 0.462 e. The molecule has 2 amide bonds. The number of carbonyl (C=O) groups excluding carboxylic acids is 5. The first-order valence-electron chi connectivity index (χ1n) is 33.3. The predicted molar refractivity (Wildman–Crippen MR) is 341 cm³/mol. The molecule has 1 rings (SSSR count). The fourth-order valence-corrected chi connectivity index (χ4v) is 9.50. The Kier molecular flexibility index (Phi) is 51.4. The van der Waals surface area contributed by atoms with E-state index >= 15 is 0 Å². The molecule has 0 aliphatic rings. The Bertz CT molecular complexity index is 1920. The number of ether oxygens (including phenoxy) is 5. The van der Waals surface area contributed by atoms with Gasteiger partial charge in [-0.15, -0.1) is 0 Å². The van der Waals surface area contributed by atoms with E-state index in [0.717, 1.165) is 161 Å². The minimum absolute atomic E-state index is 0.172. The Hall–Kier alpha value is -4.77. The van der Waals surface area contributed by atoms with Gasteiger partial charge < -0.3 is 44.1 Å². The predicted octanol–water partition coefficient (Wildman–Crippen LogP) is 16.6. The van der Waals surface area contributed by atoms with Crippen LogP contribution in [-0.4, -0.2) is 101 Å². The maximum absolute atomic E-state index is 13.0. The van der Waals surface area contributed by atoms with E-state index in [1.165, 1.54) is 38.5 Å². The number of nitrogens with one attached hydrogen (secondary N) is 2. The van der Waals surface area contributed by atoms with E-state index in [1.54, 1.807) is 25.1 Å². The molecule has 487 valence electrons. The first-order valence-corrected chi connectivity index (χ1v) is 33.3. The van der Waals surface area contributed by atoms with E-state index < -0.39 is 37.0 Å². The van der Waals surface area contributed by atoms with Crippen molar-refractivity contribution in [1.82, 2.24) is 0 Å². The number of aliphatic hydroxyl groups excluding tert-OH is 4. The lowest BCUT2D eigenvalue weighted by Crippen LogP contribution is -2.30. The number of esters is 3. The van der Waals surface area contributed by atoms with Gasteiger partial charge in [0.2, 0.25) is 0 Å². The zero-order valence-corrected chi connectivity index (χ0v) is 53.2. The molecule has 1 radical (unpaired) electrons. The summed E-state index contributed by atoms with van der Waals surface area (Å²) in [4.78, 5) is 63.8. The Balaban J connectivity index is 2.54. The molecule has 5 unspecified atom stereocenters. The molecule has 1 aromatic rings. The van der Waals surface area contributed by atoms with Crippen molar-refractivity contribution in [3.63, 3.8) is 0 Å². The number of anilines is 2. The van der Waals surface area contributed by atoms with E-state index in [1.807, 2.05) is 0 Å². The molecule has 0 saturated carbocycles. The Labute approximate surface area is 513 Å². The molecule has 1 aromatic carbocycles. The summed E-state index contributed by atoms with van der Waals surface area (Å²) >= 11 is 0. The van der Waals surface area contributed by atoms with Crippen LogP contribution >= 0.6 is 0 Å². The Morgan fingerprint density at radius 1 is 0.471 bits per heavy atom. The van der Waals surface area contributed by atoms with Crippen LogP contribution in [0.5, 0.6) is 0 Å². The number of aryl methyl sites for hydroxylation is 1. The maximum atomic E-state index is 13.0. The van der Waals surface area contributed by atoms with Crippen molar-refractivity contribution >= 4 is 41.5 Å². The van der Waals surface area contributed by atoms with Crippen molar-refractivity contribution in [1.29, 1.82) is 0 Å². The average molecular weight is 1200 g/mol. The van der Waals surface area contributed by atoms with E-state index in [0.29, 0.717) is 55.5 Å². The van der Waals surface area contributed by atoms with E-state index in [4.69, 9.17) is 28.8 Å². The van der Waals surface area contributed by atoms with Gasteiger partial charge in [-0.1, -0.05) is 192 Å². The van der Waals surface area contributed by atoms with Crippen molar-refractivity contribution in [2.45, 2.75) is 309 Å². The Morgan fingerprint density at radius 3 is 1.39 bits per heavy atom. The molecule has 0 aliphatic carbocycles. The highest BCUT2D eigenvalue weighted by molar-refractivity contribution is 5.90. The molecule has 16 heteroatoms. The quantitative estimate of drug-likeness (QED) is 0.0154. The van der Waals surface area contributed by atoms with Gasteiger partial charge in [-0.3, -0.25) is 25.0 Å². The number of hydrogen-bond donors (Lipinski definition) is 6. The summed E-state index contributed by atoms with van der Waals surface area (Å²) in [6.45, 7) is 8.19. The van der Waals surface area contributed by atoms with Crippen LogP contribution in [0.1, 0.15) is 277 Å². The minimum atomic E-state index is -1.30. The van der Waals surface area contributed by atoms with Crippen LogP contribution < -0.4 is 10.6 Å². The summed E-state index contributed by atoms with van der Waals surface area (Å²) in [6.07, 6.45) is 43.6. The number of carbonyl (C=O) groups is 5. The van der Waals surface area contributed by atoms with Gasteiger partial charge in [-0.2, -0.15) is 0 Å². The van der Waals surface area contributed by atoms with Crippen molar-refractivity contribution < 1.29 is 68.1 Å². The van der Waals surface area contributed by atoms with Gasteiger partial charge in [-0.05, 0) is 121 Å². The average Bonchev–Trinajstić information content (AvgIpc) is 3.63. The molecule has 0 aromatic heterocycles. The summed E-state index contributed by atoms with van der Waals surface area (Å²) in [5.41, 5.74) is 1.52. The number of amides is 2. The van der Waals surface area contributed by atoms with Crippen LogP contribution in [0.4, 0.5) is 21.0 Å². The van der Waals surface area contributed by atoms with E-state index in [9.17, 15) is 39.3 Å². The van der Waals surface area contributed by atoms with Gasteiger partial charge >= 0.3 is 30.1 Å². The van der Waals surface area contributed by atoms with Crippen molar-refractivity contribution in [3.8, 4) is 0 Å². The fourth-order valence-electron chi connectivity index (χ4n) is 9.50. The van der Waals surface area contributed by atoms with Crippen LogP contribution in [-0.2, 0) is 38.1 Å². The lowest BCUT2D eigenvalue weighted by atomic mass is 10.1. The molecule has 0 saturated heterocycles. The molecule has 0 aliphatic heterocycles. The second-order valence-electron chi connectivity index (χ2n) is 23.0. The number of hydrogen-bond acceptors (Lipinski definition) is 14. The van der Waals surface area contributed by atoms with Crippen molar-refractivity contribution in [3.05, 3.63) is 66.8 Å². The summed E-state index contributed by atoms with van der Waals surface area (Å²) < 4.78 is 27.5. The van der Waals surface area contributed by atoms with Crippen LogP contribution in [0.3, 0.4) is 0 Å². The molecule has 85 heavy (non-hydrogen) atoms. The first kappa shape index (κ1) is 78.2. The first-order chi connectivity index (χ1) is 41.3. The number of unbranched alkanes of at least 4 members (excludes halogenated alkanes) is 24. The standard InChI is InChI=1S/C69H117N2O14/c1-5-8-11-32-41-59(73)43-34-26-20-14-17-23-29-38-47-65(76)81-55-63(84-67(78)49-40-31-25-18-15-21-27-35-44-60(74)42-33-12-9-6-2)56-82-66(77)48-39-30-24-19-16-22-28-37-46-62(45-36-13-10-7-3)85-69(80)70-58-51-50-57(4)64(52-58)71-68(79)83-54-61(75)53-72/h26-28,34-35,37,50-52,54,59-63,72-75H,5-25,29-33,36,38-49,53,55-56H2,1-4H3,(H,70,80)(H,71,79)/b34-26-,35-27+,37-28-. The molecule has 5 atom stereocenters. The summed E-state index contributed by atoms with van der Waals surface area (Å²) in [7, 11) is 0. The number of benzene rings is 1. The zero-order chi connectivity index (χ0) is 62.2. The summed E-state index contributed by atoms with van der Waals surface area (Å²) in [5.74, 6) is -1.15. The van der Waals surface area contributed by atoms with Gasteiger partial charge in [0.15, 0.2) is 12.7 Å². The lowest BCUT2D eigenvalue weighted by molar-refractivity contribution is -0.167. The van der Waals surface area contributed by atoms with Crippen LogP contribution in [0.15, 0.2) is 54.7 Å². The number of allylic oxidation sites excluding steroid dienone is 3. The number of aliphatic hydroxyl groups is 4. The van der Waals surface area contributed by atoms with Crippen LogP contribution in [0, 0.1) is 13.5 Å². The van der Waals surface area contributed by atoms with Gasteiger partial charge in [0.25, 0.3) is 0 Å². The molecular weight excluding hydrogens is 1080 g/mol. The molecule has 0 heterocycles. The highest BCUT2D eigenvalue weighted by Crippen LogP contribution is 2.23. The zero-order valence-electron chi connectivity index (χ0n) is 53.2. The van der Waals surface area contributed by atoms with Crippen LogP contribution in [0.25, 0.3) is 0 Å². The number of rotatable bonds is 56. The van der Waals surface area contributed by atoms with Gasteiger partial charge in [0.1, 0.15) is 25.4 Å². The topological polar surface area (TPSA) is 236 Å². The third-order valence-corrected chi connectivity index (χ3v) is 14.8. The second kappa shape index (κ2) is 55.8. The highest BCUT2D eigenvalue weighted by atomic mass is 16.6. The van der Waals surface area contributed by atoms with Gasteiger partial charge in [-0.25, -0.2) is 9.59 Å². The monoisotopic (exact) mass is 1200 g/mol. The normalized spacial score (nSPS) is 13.4. The molecule has 0 bridgehead atoms. The summed E-state index contributed by atoms with van der Waals surface area (Å²) in [6, 6.07) is 5.01. The van der Waals surface area contributed by atoms with E-state index in [-0.39, 0.29) is 62.7 Å². The third kappa shape index (κ3) is 49.0. The smallest absolute Gasteiger partial charge is 0.412 e. The Morgan fingerprint density at radius 2 is 0.906 bits per heavy atom. The maximum Gasteiger partial charge on any atom is 0.412 e. The van der Waals surface area contributed by atoms with Gasteiger partial charge in [0.05, 0.1) is 18.8 Å². The molecule has 6 N–H and O–H groups in total. The summed E-state index contributed by atoms with van der Waals surface area (Å²) in [5, 5.41) is 44.0. The SMILES string of the molecule is CCCCCCC(O)C/C=C\CCCCCCCC(=O)OCC(COC(=O)CCCCCCC/C=C\CC(CCCCCC)OC(=O)Nc1ccc(C)c(NC(=O)O[CH]C(O)CO)c1)OC(=O)CCCCCCC/C=C/CC(O)CCCCCC. The second-order valence-corrected chi connectivity index (χ2v) is 23.0. The van der Waals surface area contributed by atoms with Crippen molar-refractivity contribution in [2.24, 2.45) is 0 Å². The van der Waals surface area contributed by atoms with Gasteiger partial charge in [0, 0.05) is 37.1 Å². The fraction of sp³-hybridized carbons (Fsp3) is 0.739. The third-order valence-electron chi connectivity index (χ3n) is 14.8. The van der Waals surface area contributed by atoms with Crippen LogP contribution in [0.2, 0.25) is 0 Å². The molecule has 0 spiro atoms. The molecular formula is C69H117N2O14. The molecule has 0 fully saturated rings. The molecule has 16 nitrogen and oxygen atoms in total. The highest BCUT2D eigenvalue weighted by Gasteiger charge is 2.20. The lowest BCUT2D eigenvalue weighted by Gasteiger charge is -2.18.